The number of nitrogens with two attached hydrogens (primary N) is 1. The molecule has 0 atom stereocenters. The minimum atomic E-state index is -0.415. The molecule has 0 bridgehead atoms. The maximum atomic E-state index is 10.9. The van der Waals surface area contributed by atoms with Crippen LogP contribution < -0.4 is 5.73 Å². The van der Waals surface area contributed by atoms with Gasteiger partial charge in [0.2, 0.25) is 5.91 Å². The fourth-order valence-electron chi connectivity index (χ4n) is 1.47. The summed E-state index contributed by atoms with van der Waals surface area (Å²) in [5.41, 5.74) is 7.63. The summed E-state index contributed by atoms with van der Waals surface area (Å²) in [4.78, 5) is 10.9. The fourth-order valence-corrected chi connectivity index (χ4v) is 1.47. The highest BCUT2D eigenvalue weighted by molar-refractivity contribution is 5.92. The summed E-state index contributed by atoms with van der Waals surface area (Å²) in [5.74, 6) is -0.415. The molecule has 0 aliphatic carbocycles. The van der Waals surface area contributed by atoms with Crippen LogP contribution in [0.15, 0.2) is 36.5 Å². The first-order valence-corrected chi connectivity index (χ1v) is 5.15. The van der Waals surface area contributed by atoms with Crippen molar-refractivity contribution in [3.05, 3.63) is 47.8 Å². The lowest BCUT2D eigenvalue weighted by atomic mass is 10.2. The van der Waals surface area contributed by atoms with E-state index in [9.17, 15) is 4.79 Å². The Kier molecular flexibility index (Phi) is 2.72. The molecule has 82 valence electrons. The van der Waals surface area contributed by atoms with E-state index in [4.69, 9.17) is 5.73 Å². The Hall–Kier alpha value is -2.10. The molecule has 0 aliphatic heterocycles. The number of aryl methyl sites for hydroxylation is 1. The van der Waals surface area contributed by atoms with Crippen LogP contribution in [0, 0.1) is 0 Å². The van der Waals surface area contributed by atoms with E-state index in [0.29, 0.717) is 5.56 Å². The van der Waals surface area contributed by atoms with Crippen molar-refractivity contribution >= 4 is 5.91 Å². The summed E-state index contributed by atoms with van der Waals surface area (Å²) < 4.78 is 1.78. The summed E-state index contributed by atoms with van der Waals surface area (Å²) in [7, 11) is 0. The van der Waals surface area contributed by atoms with Gasteiger partial charge in [0.15, 0.2) is 0 Å². The van der Waals surface area contributed by atoms with Crippen LogP contribution in [0.4, 0.5) is 0 Å². The predicted octanol–water partition coefficient (Wildman–Crippen LogP) is 1.53. The zero-order chi connectivity index (χ0) is 11.5. The van der Waals surface area contributed by atoms with Gasteiger partial charge in [-0.2, -0.15) is 5.10 Å². The van der Waals surface area contributed by atoms with Crippen molar-refractivity contribution in [2.45, 2.75) is 13.3 Å². The number of rotatable bonds is 3. The second-order valence-electron chi connectivity index (χ2n) is 3.52. The van der Waals surface area contributed by atoms with Gasteiger partial charge in [0.25, 0.3) is 0 Å². The van der Waals surface area contributed by atoms with E-state index >= 15 is 0 Å². The van der Waals surface area contributed by atoms with Crippen LogP contribution in [0.25, 0.3) is 5.69 Å². The maximum absolute atomic E-state index is 10.9. The Labute approximate surface area is 93.7 Å². The Balaban J connectivity index is 2.30. The minimum Gasteiger partial charge on any atom is -0.366 e. The second-order valence-corrected chi connectivity index (χ2v) is 3.52. The second kappa shape index (κ2) is 4.18. The van der Waals surface area contributed by atoms with Crippen molar-refractivity contribution in [1.82, 2.24) is 9.78 Å². The highest BCUT2D eigenvalue weighted by Gasteiger charge is 2.02. The number of aromatic nitrogens is 2. The lowest BCUT2D eigenvalue weighted by Crippen LogP contribution is -2.10. The Morgan fingerprint density at radius 2 is 2.00 bits per heavy atom. The van der Waals surface area contributed by atoms with Crippen molar-refractivity contribution < 1.29 is 4.79 Å². The molecule has 2 aromatic rings. The maximum Gasteiger partial charge on any atom is 0.248 e. The Morgan fingerprint density at radius 3 is 2.50 bits per heavy atom. The van der Waals surface area contributed by atoms with Crippen LogP contribution in [0.1, 0.15) is 23.0 Å². The lowest BCUT2D eigenvalue weighted by Gasteiger charge is -2.01. The molecule has 1 aromatic carbocycles. The Bertz CT molecular complexity index is 499. The highest BCUT2D eigenvalue weighted by Crippen LogP contribution is 2.09. The lowest BCUT2D eigenvalue weighted by molar-refractivity contribution is 0.100. The molecule has 0 aliphatic rings. The molecule has 4 heteroatoms. The number of nitrogens with zero attached hydrogens (tertiary/aromatic N) is 2. The molecule has 0 unspecified atom stereocenters. The third-order valence-electron chi connectivity index (χ3n) is 2.42. The molecule has 2 rings (SSSR count). The van der Waals surface area contributed by atoms with Gasteiger partial charge in [0.05, 0.1) is 11.4 Å². The van der Waals surface area contributed by atoms with Gasteiger partial charge in [-0.3, -0.25) is 4.79 Å². The van der Waals surface area contributed by atoms with E-state index in [1.54, 1.807) is 16.8 Å². The van der Waals surface area contributed by atoms with Gasteiger partial charge in [-0.15, -0.1) is 0 Å². The van der Waals surface area contributed by atoms with Crippen LogP contribution in [0.5, 0.6) is 0 Å². The molecule has 1 heterocycles. The quantitative estimate of drug-likeness (QED) is 0.844. The van der Waals surface area contributed by atoms with Crippen LogP contribution in [0.2, 0.25) is 0 Å². The highest BCUT2D eigenvalue weighted by atomic mass is 16.1. The number of benzene rings is 1. The van der Waals surface area contributed by atoms with E-state index in [0.717, 1.165) is 17.8 Å². The summed E-state index contributed by atoms with van der Waals surface area (Å²) in [6.07, 6.45) is 2.81. The molecule has 0 spiro atoms. The van der Waals surface area contributed by atoms with Crippen LogP contribution in [-0.2, 0) is 6.42 Å². The minimum absolute atomic E-state index is 0.415. The van der Waals surface area contributed by atoms with Crippen LogP contribution >= 0.6 is 0 Å². The number of hydrogen-bond acceptors (Lipinski definition) is 2. The van der Waals surface area contributed by atoms with Crippen molar-refractivity contribution in [3.63, 3.8) is 0 Å². The largest absolute Gasteiger partial charge is 0.366 e. The molecule has 0 saturated heterocycles. The predicted molar refractivity (Wildman–Crippen MR) is 61.5 cm³/mol. The fraction of sp³-hybridized carbons (Fsp3) is 0.167. The third kappa shape index (κ3) is 1.95. The molecule has 0 radical (unpaired) electrons. The number of carbonyl (C=O) groups excluding carboxylic acids is 1. The zero-order valence-electron chi connectivity index (χ0n) is 9.05. The van der Waals surface area contributed by atoms with E-state index < -0.39 is 5.91 Å². The van der Waals surface area contributed by atoms with Gasteiger partial charge in [-0.05, 0) is 36.8 Å². The monoisotopic (exact) mass is 215 g/mol. The van der Waals surface area contributed by atoms with Crippen molar-refractivity contribution in [1.29, 1.82) is 0 Å². The van der Waals surface area contributed by atoms with Gasteiger partial charge in [0, 0.05) is 11.8 Å². The summed E-state index contributed by atoms with van der Waals surface area (Å²) >= 11 is 0. The van der Waals surface area contributed by atoms with Gasteiger partial charge in [-0.25, -0.2) is 4.68 Å². The molecule has 0 fully saturated rings. The van der Waals surface area contributed by atoms with Crippen molar-refractivity contribution in [2.75, 3.05) is 0 Å². The van der Waals surface area contributed by atoms with Gasteiger partial charge < -0.3 is 5.73 Å². The van der Waals surface area contributed by atoms with Gasteiger partial charge in [-0.1, -0.05) is 6.92 Å². The summed E-state index contributed by atoms with van der Waals surface area (Å²) in [6, 6.07) is 9.02. The molecule has 16 heavy (non-hydrogen) atoms. The van der Waals surface area contributed by atoms with Crippen molar-refractivity contribution in [2.24, 2.45) is 5.73 Å². The van der Waals surface area contributed by atoms with E-state index in [1.807, 2.05) is 24.4 Å². The number of carbonyl (C=O) groups is 1. The average molecular weight is 215 g/mol. The average Bonchev–Trinajstić information content (AvgIpc) is 2.77. The van der Waals surface area contributed by atoms with Crippen LogP contribution in [0.3, 0.4) is 0 Å². The number of amides is 1. The molecule has 2 N–H and O–H groups in total. The number of hydrogen-bond donors (Lipinski definition) is 1. The summed E-state index contributed by atoms with van der Waals surface area (Å²) in [6.45, 7) is 2.06. The summed E-state index contributed by atoms with van der Waals surface area (Å²) in [5, 5.41) is 4.37. The van der Waals surface area contributed by atoms with Gasteiger partial charge in [0.1, 0.15) is 0 Å². The van der Waals surface area contributed by atoms with Gasteiger partial charge >= 0.3 is 0 Å². The molecular weight excluding hydrogens is 202 g/mol. The number of primary amides is 1. The van der Waals surface area contributed by atoms with E-state index in [-0.39, 0.29) is 0 Å². The molecule has 4 nitrogen and oxygen atoms in total. The smallest absolute Gasteiger partial charge is 0.248 e. The first-order valence-electron chi connectivity index (χ1n) is 5.15. The first kappa shape index (κ1) is 10.4. The van der Waals surface area contributed by atoms with Crippen molar-refractivity contribution in [3.8, 4) is 5.69 Å². The molecular formula is C12H13N3O. The topological polar surface area (TPSA) is 60.9 Å². The Morgan fingerprint density at radius 1 is 1.31 bits per heavy atom. The van der Waals surface area contributed by atoms with E-state index in [1.165, 1.54) is 0 Å². The molecule has 1 amide bonds. The van der Waals surface area contributed by atoms with E-state index in [2.05, 4.69) is 12.0 Å². The SMILES string of the molecule is CCc1ccn(-c2ccc(C(N)=O)cc2)n1. The zero-order valence-corrected chi connectivity index (χ0v) is 9.05. The van der Waals surface area contributed by atoms with Crippen LogP contribution in [-0.4, -0.2) is 15.7 Å². The standard InChI is InChI=1S/C12H13N3O/c1-2-10-7-8-15(14-10)11-5-3-9(4-6-11)12(13)16/h3-8H,2H2,1H3,(H2,13,16). The molecule has 0 saturated carbocycles. The normalized spacial score (nSPS) is 10.3. The third-order valence-corrected chi connectivity index (χ3v) is 2.42. The molecule has 1 aromatic heterocycles. The first-order chi connectivity index (χ1) is 7.70.